The molecule has 0 unspecified atom stereocenters. The Morgan fingerprint density at radius 1 is 1.38 bits per heavy atom. The van der Waals surface area contributed by atoms with Gasteiger partial charge < -0.3 is 4.74 Å². The van der Waals surface area contributed by atoms with E-state index in [0.717, 1.165) is 5.69 Å². The first kappa shape index (κ1) is 14.6. The monoisotopic (exact) mass is 329 g/mol. The van der Waals surface area contributed by atoms with Crippen molar-refractivity contribution >= 4 is 21.5 Å². The number of nitrogens with zero attached hydrogens (tertiary/aromatic N) is 4. The van der Waals surface area contributed by atoms with Gasteiger partial charge in [0.25, 0.3) is 10.2 Å². The second-order valence-electron chi connectivity index (χ2n) is 4.47. The molecule has 0 aliphatic carbocycles. The summed E-state index contributed by atoms with van der Waals surface area (Å²) >= 11 is 1.56. The fraction of sp³-hybridized carbons (Fsp3) is 0.455. The number of thiophene rings is 1. The van der Waals surface area contributed by atoms with Gasteiger partial charge in [-0.2, -0.15) is 28.8 Å². The molecule has 0 radical (unpaired) electrons. The van der Waals surface area contributed by atoms with Crippen molar-refractivity contribution in [2.45, 2.75) is 6.54 Å². The Morgan fingerprint density at radius 3 is 2.90 bits per heavy atom. The molecule has 2 aromatic heterocycles. The van der Waals surface area contributed by atoms with E-state index in [1.54, 1.807) is 22.2 Å². The molecule has 1 fully saturated rings. The zero-order valence-corrected chi connectivity index (χ0v) is 12.8. The van der Waals surface area contributed by atoms with Crippen molar-refractivity contribution in [3.63, 3.8) is 0 Å². The molecular weight excluding hydrogens is 314 g/mol. The summed E-state index contributed by atoms with van der Waals surface area (Å²) in [5, 5.41) is 11.8. The van der Waals surface area contributed by atoms with Crippen molar-refractivity contribution in [3.8, 4) is 5.69 Å². The van der Waals surface area contributed by atoms with Gasteiger partial charge in [-0.15, -0.1) is 5.10 Å². The molecule has 3 rings (SSSR count). The molecule has 0 atom stereocenters. The second kappa shape index (κ2) is 6.20. The third-order valence-corrected chi connectivity index (χ3v) is 5.28. The molecule has 8 nitrogen and oxygen atoms in total. The average Bonchev–Trinajstić information content (AvgIpc) is 3.17. The minimum Gasteiger partial charge on any atom is -0.379 e. The highest BCUT2D eigenvalue weighted by molar-refractivity contribution is 7.87. The number of rotatable bonds is 5. The lowest BCUT2D eigenvalue weighted by molar-refractivity contribution is 0.0724. The summed E-state index contributed by atoms with van der Waals surface area (Å²) in [7, 11) is -3.50. The number of hydrogen-bond donors (Lipinski definition) is 1. The van der Waals surface area contributed by atoms with Gasteiger partial charge in [0.15, 0.2) is 0 Å². The van der Waals surface area contributed by atoms with E-state index in [1.807, 2.05) is 16.8 Å². The summed E-state index contributed by atoms with van der Waals surface area (Å²) < 4.78 is 34.9. The van der Waals surface area contributed by atoms with Crippen LogP contribution in [-0.4, -0.2) is 54.0 Å². The predicted molar refractivity (Wildman–Crippen MR) is 77.4 cm³/mol. The number of aromatic nitrogens is 3. The lowest BCUT2D eigenvalue weighted by Crippen LogP contribution is -2.46. The van der Waals surface area contributed by atoms with Crippen LogP contribution < -0.4 is 4.72 Å². The fourth-order valence-electron chi connectivity index (χ4n) is 1.94. The van der Waals surface area contributed by atoms with Gasteiger partial charge in [0.2, 0.25) is 0 Å². The molecule has 1 aliphatic rings. The Morgan fingerprint density at radius 2 is 2.19 bits per heavy atom. The Balaban J connectivity index is 1.62. The second-order valence-corrected chi connectivity index (χ2v) is 7.01. The zero-order chi connectivity index (χ0) is 14.7. The van der Waals surface area contributed by atoms with E-state index in [2.05, 4.69) is 15.0 Å². The predicted octanol–water partition coefficient (Wildman–Crippen LogP) is -0.00460. The van der Waals surface area contributed by atoms with Crippen molar-refractivity contribution in [2.24, 2.45) is 0 Å². The summed E-state index contributed by atoms with van der Waals surface area (Å²) in [6.45, 7) is 1.71. The van der Waals surface area contributed by atoms with Crippen LogP contribution in [0.25, 0.3) is 5.69 Å². The smallest absolute Gasteiger partial charge is 0.279 e. The van der Waals surface area contributed by atoms with Crippen LogP contribution in [0.5, 0.6) is 0 Å². The molecule has 3 heterocycles. The van der Waals surface area contributed by atoms with Crippen molar-refractivity contribution < 1.29 is 13.2 Å². The maximum atomic E-state index is 12.1. The van der Waals surface area contributed by atoms with Gasteiger partial charge in [0, 0.05) is 18.5 Å². The van der Waals surface area contributed by atoms with Gasteiger partial charge in [0.05, 0.1) is 37.3 Å². The van der Waals surface area contributed by atoms with Crippen LogP contribution in [0.15, 0.2) is 23.0 Å². The fourth-order valence-corrected chi connectivity index (χ4v) is 3.70. The maximum absolute atomic E-state index is 12.1. The molecule has 0 spiro atoms. The standard InChI is InChI=1S/C11H15N5O3S2/c17-21(18,15-2-4-19-5-3-15)12-7-10-8-16(14-13-10)11-1-6-20-9-11/h1,6,8-9,12H,2-5,7H2. The largest absolute Gasteiger partial charge is 0.379 e. The van der Waals surface area contributed by atoms with E-state index in [9.17, 15) is 8.42 Å². The van der Waals surface area contributed by atoms with E-state index < -0.39 is 10.2 Å². The van der Waals surface area contributed by atoms with Crippen LogP contribution in [0.1, 0.15) is 5.69 Å². The molecule has 2 aromatic rings. The quantitative estimate of drug-likeness (QED) is 0.834. The molecule has 114 valence electrons. The van der Waals surface area contributed by atoms with Crippen molar-refractivity contribution in [1.29, 1.82) is 0 Å². The van der Waals surface area contributed by atoms with Crippen LogP contribution in [0.2, 0.25) is 0 Å². The minimum atomic E-state index is -3.50. The van der Waals surface area contributed by atoms with Crippen LogP contribution in [0.4, 0.5) is 0 Å². The molecule has 0 amide bonds. The first-order chi connectivity index (χ1) is 10.1. The van der Waals surface area contributed by atoms with Crippen LogP contribution in [0, 0.1) is 0 Å². The Bertz CT molecular complexity index is 677. The number of nitrogens with one attached hydrogen (secondary N) is 1. The molecule has 0 bridgehead atoms. The summed E-state index contributed by atoms with van der Waals surface area (Å²) in [4.78, 5) is 0. The average molecular weight is 329 g/mol. The summed E-state index contributed by atoms with van der Waals surface area (Å²) in [6, 6.07) is 1.92. The molecule has 1 saturated heterocycles. The molecule has 10 heteroatoms. The van der Waals surface area contributed by atoms with Crippen molar-refractivity contribution in [3.05, 3.63) is 28.7 Å². The Kier molecular flexibility index (Phi) is 4.31. The SMILES string of the molecule is O=S(=O)(NCc1cn(-c2ccsc2)nn1)N1CCOCC1. The highest BCUT2D eigenvalue weighted by Crippen LogP contribution is 2.11. The number of hydrogen-bond acceptors (Lipinski definition) is 6. The summed E-state index contributed by atoms with van der Waals surface area (Å²) in [6.07, 6.45) is 1.71. The number of ether oxygens (including phenoxy) is 1. The van der Waals surface area contributed by atoms with Crippen LogP contribution >= 0.6 is 11.3 Å². The lowest BCUT2D eigenvalue weighted by Gasteiger charge is -2.25. The summed E-state index contributed by atoms with van der Waals surface area (Å²) in [5.41, 5.74) is 1.48. The first-order valence-corrected chi connectivity index (χ1v) is 8.80. The van der Waals surface area contributed by atoms with E-state index in [-0.39, 0.29) is 6.54 Å². The van der Waals surface area contributed by atoms with Gasteiger partial charge in [0.1, 0.15) is 0 Å². The van der Waals surface area contributed by atoms with Crippen LogP contribution in [0.3, 0.4) is 0 Å². The Hall–Kier alpha value is -1.33. The topological polar surface area (TPSA) is 89.3 Å². The summed E-state index contributed by atoms with van der Waals surface area (Å²) in [5.74, 6) is 0. The van der Waals surface area contributed by atoms with Crippen molar-refractivity contribution in [2.75, 3.05) is 26.3 Å². The maximum Gasteiger partial charge on any atom is 0.279 e. The highest BCUT2D eigenvalue weighted by Gasteiger charge is 2.24. The van der Waals surface area contributed by atoms with E-state index in [1.165, 1.54) is 4.31 Å². The molecule has 0 aromatic carbocycles. The molecular formula is C11H15N5O3S2. The van der Waals surface area contributed by atoms with E-state index in [4.69, 9.17) is 4.74 Å². The van der Waals surface area contributed by atoms with Gasteiger partial charge in [-0.05, 0) is 11.4 Å². The highest BCUT2D eigenvalue weighted by atomic mass is 32.2. The van der Waals surface area contributed by atoms with Gasteiger partial charge >= 0.3 is 0 Å². The Labute approximate surface area is 126 Å². The lowest BCUT2D eigenvalue weighted by atomic mass is 10.5. The first-order valence-electron chi connectivity index (χ1n) is 6.41. The third-order valence-electron chi connectivity index (χ3n) is 3.06. The van der Waals surface area contributed by atoms with Crippen molar-refractivity contribution in [1.82, 2.24) is 24.0 Å². The normalized spacial score (nSPS) is 17.1. The zero-order valence-electron chi connectivity index (χ0n) is 11.2. The van der Waals surface area contributed by atoms with Gasteiger partial charge in [-0.25, -0.2) is 4.68 Å². The van der Waals surface area contributed by atoms with E-state index in [0.29, 0.717) is 32.0 Å². The third kappa shape index (κ3) is 3.47. The van der Waals surface area contributed by atoms with Crippen LogP contribution in [-0.2, 0) is 21.5 Å². The minimum absolute atomic E-state index is 0.115. The van der Waals surface area contributed by atoms with Gasteiger partial charge in [-0.1, -0.05) is 5.21 Å². The van der Waals surface area contributed by atoms with E-state index >= 15 is 0 Å². The molecule has 1 aliphatic heterocycles. The number of morpholine rings is 1. The molecule has 1 N–H and O–H groups in total. The molecule has 0 saturated carbocycles. The molecule has 21 heavy (non-hydrogen) atoms. The van der Waals surface area contributed by atoms with Gasteiger partial charge in [-0.3, -0.25) is 0 Å².